The lowest BCUT2D eigenvalue weighted by molar-refractivity contribution is -0.133. The SMILES string of the molecule is C=CCN(CC(=O)Nc1nc(-c2ccccc2)cn1-c1cccc(OCC)c1)C(=O)CC. The van der Waals surface area contributed by atoms with E-state index in [2.05, 4.69) is 16.9 Å². The summed E-state index contributed by atoms with van der Waals surface area (Å²) in [6.07, 6.45) is 3.79. The Bertz CT molecular complexity index is 1080. The summed E-state index contributed by atoms with van der Waals surface area (Å²) < 4.78 is 7.43. The number of carbonyl (C=O) groups excluding carboxylic acids is 2. The molecule has 0 bridgehead atoms. The summed E-state index contributed by atoms with van der Waals surface area (Å²) >= 11 is 0. The molecule has 0 saturated heterocycles. The Balaban J connectivity index is 1.94. The number of amides is 2. The maximum atomic E-state index is 12.8. The van der Waals surface area contributed by atoms with E-state index in [9.17, 15) is 9.59 Å². The van der Waals surface area contributed by atoms with Gasteiger partial charge < -0.3 is 9.64 Å². The average Bonchev–Trinajstić information content (AvgIpc) is 3.23. The third-order valence-corrected chi connectivity index (χ3v) is 4.77. The highest BCUT2D eigenvalue weighted by Gasteiger charge is 2.18. The van der Waals surface area contributed by atoms with Crippen LogP contribution in [0.25, 0.3) is 16.9 Å². The molecule has 1 heterocycles. The first-order valence-corrected chi connectivity index (χ1v) is 10.6. The second-order valence-corrected chi connectivity index (χ2v) is 7.08. The number of nitrogens with one attached hydrogen (secondary N) is 1. The van der Waals surface area contributed by atoms with Gasteiger partial charge in [0, 0.05) is 30.8 Å². The number of carbonyl (C=O) groups is 2. The number of imidazole rings is 1. The van der Waals surface area contributed by atoms with Crippen LogP contribution in [-0.2, 0) is 9.59 Å². The smallest absolute Gasteiger partial charge is 0.246 e. The second-order valence-electron chi connectivity index (χ2n) is 7.08. The van der Waals surface area contributed by atoms with E-state index in [1.165, 1.54) is 4.90 Å². The third kappa shape index (κ3) is 5.63. The fourth-order valence-corrected chi connectivity index (χ4v) is 3.27. The van der Waals surface area contributed by atoms with E-state index < -0.39 is 0 Å². The van der Waals surface area contributed by atoms with Gasteiger partial charge in [-0.2, -0.15) is 0 Å². The zero-order valence-corrected chi connectivity index (χ0v) is 18.5. The van der Waals surface area contributed by atoms with Gasteiger partial charge in [0.05, 0.1) is 18.0 Å². The highest BCUT2D eigenvalue weighted by molar-refractivity contribution is 5.94. The molecular formula is C25H28N4O3. The largest absolute Gasteiger partial charge is 0.494 e. The third-order valence-electron chi connectivity index (χ3n) is 4.77. The molecule has 32 heavy (non-hydrogen) atoms. The molecule has 1 N–H and O–H groups in total. The molecule has 0 saturated carbocycles. The Morgan fingerprint density at radius 1 is 1.16 bits per heavy atom. The van der Waals surface area contributed by atoms with E-state index in [4.69, 9.17) is 4.74 Å². The van der Waals surface area contributed by atoms with Gasteiger partial charge >= 0.3 is 0 Å². The summed E-state index contributed by atoms with van der Waals surface area (Å²) in [4.78, 5) is 31.0. The molecule has 0 radical (unpaired) electrons. The van der Waals surface area contributed by atoms with Crippen LogP contribution in [0.4, 0.5) is 5.95 Å². The molecule has 0 spiro atoms. The number of hydrogen-bond donors (Lipinski definition) is 1. The van der Waals surface area contributed by atoms with Crippen molar-refractivity contribution in [2.24, 2.45) is 0 Å². The van der Waals surface area contributed by atoms with Gasteiger partial charge in [-0.15, -0.1) is 6.58 Å². The predicted octanol–water partition coefficient (Wildman–Crippen LogP) is 4.30. The number of rotatable bonds is 10. The van der Waals surface area contributed by atoms with Crippen LogP contribution in [0.1, 0.15) is 20.3 Å². The lowest BCUT2D eigenvalue weighted by Gasteiger charge is -2.20. The molecular weight excluding hydrogens is 404 g/mol. The zero-order valence-electron chi connectivity index (χ0n) is 18.5. The van der Waals surface area contributed by atoms with Crippen LogP contribution in [0.15, 0.2) is 73.4 Å². The lowest BCUT2D eigenvalue weighted by Crippen LogP contribution is -2.38. The Kier molecular flexibility index (Phi) is 7.80. The number of benzene rings is 2. The first-order chi connectivity index (χ1) is 15.5. The summed E-state index contributed by atoms with van der Waals surface area (Å²) in [5, 5.41) is 2.86. The van der Waals surface area contributed by atoms with Gasteiger partial charge in [-0.3, -0.25) is 19.5 Å². The van der Waals surface area contributed by atoms with Crippen molar-refractivity contribution in [3.05, 3.63) is 73.4 Å². The van der Waals surface area contributed by atoms with Gasteiger partial charge in [0.15, 0.2) is 0 Å². The van der Waals surface area contributed by atoms with Gasteiger partial charge in [0.25, 0.3) is 0 Å². The van der Waals surface area contributed by atoms with Gasteiger partial charge in [-0.25, -0.2) is 4.98 Å². The van der Waals surface area contributed by atoms with Crippen molar-refractivity contribution >= 4 is 17.8 Å². The molecule has 3 aromatic rings. The van der Waals surface area contributed by atoms with Crippen LogP contribution in [0.5, 0.6) is 5.75 Å². The molecule has 0 aliphatic heterocycles. The Morgan fingerprint density at radius 3 is 2.62 bits per heavy atom. The molecule has 7 heteroatoms. The molecule has 3 rings (SSSR count). The average molecular weight is 433 g/mol. The van der Waals surface area contributed by atoms with E-state index in [0.717, 1.165) is 22.7 Å². The molecule has 0 fully saturated rings. The van der Waals surface area contributed by atoms with E-state index in [-0.39, 0.29) is 18.4 Å². The van der Waals surface area contributed by atoms with Crippen molar-refractivity contribution in [3.63, 3.8) is 0 Å². The summed E-state index contributed by atoms with van der Waals surface area (Å²) in [7, 11) is 0. The molecule has 2 amide bonds. The van der Waals surface area contributed by atoms with Crippen molar-refractivity contribution in [1.29, 1.82) is 0 Å². The number of anilines is 1. The summed E-state index contributed by atoms with van der Waals surface area (Å²) in [5.41, 5.74) is 2.45. The standard InChI is InChI=1S/C25H28N4O3/c1-4-15-28(24(31)5-2)18-23(30)27-25-26-22(19-11-8-7-9-12-19)17-29(25)20-13-10-14-21(16-20)32-6-3/h4,7-14,16-17H,1,5-6,15,18H2,2-3H3,(H,26,27,30). The van der Waals surface area contributed by atoms with Crippen LogP contribution in [0, 0.1) is 0 Å². The Morgan fingerprint density at radius 2 is 1.94 bits per heavy atom. The summed E-state index contributed by atoms with van der Waals surface area (Å²) in [6, 6.07) is 17.3. The topological polar surface area (TPSA) is 76.5 Å². The van der Waals surface area contributed by atoms with E-state index in [1.54, 1.807) is 13.0 Å². The number of ether oxygens (including phenoxy) is 1. The normalized spacial score (nSPS) is 10.4. The Labute approximate surface area is 188 Å². The van der Waals surface area contributed by atoms with Crippen LogP contribution in [0.3, 0.4) is 0 Å². The summed E-state index contributed by atoms with van der Waals surface area (Å²) in [6.45, 7) is 8.14. The van der Waals surface area contributed by atoms with Crippen molar-refractivity contribution in [3.8, 4) is 22.7 Å². The highest BCUT2D eigenvalue weighted by atomic mass is 16.5. The number of aromatic nitrogens is 2. The van der Waals surface area contributed by atoms with Crippen molar-refractivity contribution < 1.29 is 14.3 Å². The molecule has 0 aliphatic rings. The van der Waals surface area contributed by atoms with Crippen LogP contribution < -0.4 is 10.1 Å². The maximum absolute atomic E-state index is 12.8. The van der Waals surface area contributed by atoms with E-state index in [0.29, 0.717) is 25.5 Å². The minimum Gasteiger partial charge on any atom is -0.494 e. The fraction of sp³-hybridized carbons (Fsp3) is 0.240. The van der Waals surface area contributed by atoms with Crippen molar-refractivity contribution in [1.82, 2.24) is 14.5 Å². The minimum absolute atomic E-state index is 0.0782. The van der Waals surface area contributed by atoms with Crippen molar-refractivity contribution in [2.45, 2.75) is 20.3 Å². The Hall–Kier alpha value is -3.87. The molecule has 7 nitrogen and oxygen atoms in total. The molecule has 166 valence electrons. The molecule has 1 aromatic heterocycles. The first-order valence-electron chi connectivity index (χ1n) is 10.6. The highest BCUT2D eigenvalue weighted by Crippen LogP contribution is 2.26. The minimum atomic E-state index is -0.332. The van der Waals surface area contributed by atoms with E-state index >= 15 is 0 Å². The van der Waals surface area contributed by atoms with Gasteiger partial charge in [0.1, 0.15) is 12.3 Å². The van der Waals surface area contributed by atoms with E-state index in [1.807, 2.05) is 72.3 Å². The zero-order chi connectivity index (χ0) is 22.9. The van der Waals surface area contributed by atoms with Crippen LogP contribution in [-0.4, -0.2) is 46.0 Å². The van der Waals surface area contributed by atoms with Crippen molar-refractivity contribution in [2.75, 3.05) is 25.0 Å². The van der Waals surface area contributed by atoms with Gasteiger partial charge in [-0.1, -0.05) is 49.4 Å². The van der Waals surface area contributed by atoms with Crippen LogP contribution >= 0.6 is 0 Å². The maximum Gasteiger partial charge on any atom is 0.246 e. The molecule has 2 aromatic carbocycles. The quantitative estimate of drug-likeness (QED) is 0.485. The predicted molar refractivity (Wildman–Crippen MR) is 126 cm³/mol. The second kappa shape index (κ2) is 10.9. The number of nitrogens with zero attached hydrogens (tertiary/aromatic N) is 3. The molecule has 0 unspecified atom stereocenters. The molecule has 0 aliphatic carbocycles. The lowest BCUT2D eigenvalue weighted by atomic mass is 10.2. The molecule has 0 atom stereocenters. The first kappa shape index (κ1) is 22.8. The number of hydrogen-bond acceptors (Lipinski definition) is 4. The summed E-state index contributed by atoms with van der Waals surface area (Å²) in [5.74, 6) is 0.645. The van der Waals surface area contributed by atoms with Crippen LogP contribution in [0.2, 0.25) is 0 Å². The van der Waals surface area contributed by atoms with Gasteiger partial charge in [0.2, 0.25) is 17.8 Å². The fourth-order valence-electron chi connectivity index (χ4n) is 3.27. The van der Waals surface area contributed by atoms with Gasteiger partial charge in [-0.05, 0) is 19.1 Å². The monoisotopic (exact) mass is 432 g/mol.